The van der Waals surface area contributed by atoms with E-state index in [-0.39, 0.29) is 5.92 Å². The standard InChI is InChI=1S/C49H33N3O/c1-3-11-32(12-4-1)34-21-26-38(27-22-34)48-50-47(37-14-5-2-6-15-37)51-49(52-48)44-31-46-43(41-17-9-10-18-45(41)53-46)30-42(44)36-24-19-35(20-25-36)40-28-23-33-13-7-8-16-39(33)29-40/h1-24,26-31,36H,25H2. The summed E-state index contributed by atoms with van der Waals surface area (Å²) < 4.78 is 6.45. The molecule has 4 heteroatoms. The van der Waals surface area contributed by atoms with Gasteiger partial charge >= 0.3 is 0 Å². The Morgan fingerprint density at radius 3 is 1.81 bits per heavy atom. The van der Waals surface area contributed by atoms with Crippen LogP contribution in [0.1, 0.15) is 23.5 Å². The van der Waals surface area contributed by atoms with Crippen LogP contribution in [0.4, 0.5) is 0 Å². The van der Waals surface area contributed by atoms with Gasteiger partial charge in [0.2, 0.25) is 0 Å². The van der Waals surface area contributed by atoms with E-state index in [9.17, 15) is 0 Å². The van der Waals surface area contributed by atoms with Gasteiger partial charge in [-0.1, -0.05) is 158 Å². The van der Waals surface area contributed by atoms with Gasteiger partial charge in [-0.2, -0.15) is 0 Å². The molecule has 2 heterocycles. The van der Waals surface area contributed by atoms with E-state index >= 15 is 0 Å². The molecule has 1 unspecified atom stereocenters. The summed E-state index contributed by atoms with van der Waals surface area (Å²) in [7, 11) is 0. The first-order chi connectivity index (χ1) is 26.2. The largest absolute Gasteiger partial charge is 0.456 e. The number of rotatable bonds is 6. The fourth-order valence-electron chi connectivity index (χ4n) is 7.51. The number of para-hydroxylation sites is 1. The van der Waals surface area contributed by atoms with Gasteiger partial charge in [0.15, 0.2) is 17.5 Å². The van der Waals surface area contributed by atoms with Crippen molar-refractivity contribution in [1.29, 1.82) is 0 Å². The van der Waals surface area contributed by atoms with E-state index in [2.05, 4.69) is 133 Å². The number of allylic oxidation sites excluding steroid dienone is 4. The Balaban J connectivity index is 1.11. The minimum Gasteiger partial charge on any atom is -0.456 e. The van der Waals surface area contributed by atoms with Crippen LogP contribution in [0.15, 0.2) is 186 Å². The summed E-state index contributed by atoms with van der Waals surface area (Å²) in [6.07, 6.45) is 7.80. The fraction of sp³-hybridized carbons (Fsp3) is 0.0408. The lowest BCUT2D eigenvalue weighted by Crippen LogP contribution is -2.05. The lowest BCUT2D eigenvalue weighted by molar-refractivity contribution is 0.668. The van der Waals surface area contributed by atoms with Crippen molar-refractivity contribution in [3.8, 4) is 45.3 Å². The van der Waals surface area contributed by atoms with Crippen LogP contribution in [0.25, 0.3) is 83.6 Å². The predicted molar refractivity (Wildman–Crippen MR) is 217 cm³/mol. The third kappa shape index (κ3) is 5.81. The Kier molecular flexibility index (Phi) is 7.58. The number of hydrogen-bond acceptors (Lipinski definition) is 4. The van der Waals surface area contributed by atoms with Crippen LogP contribution >= 0.6 is 0 Å². The first-order valence-corrected chi connectivity index (χ1v) is 18.0. The minimum absolute atomic E-state index is 0.109. The lowest BCUT2D eigenvalue weighted by Gasteiger charge is -2.20. The molecule has 250 valence electrons. The van der Waals surface area contributed by atoms with Gasteiger partial charge in [0.25, 0.3) is 0 Å². The molecule has 0 saturated heterocycles. The van der Waals surface area contributed by atoms with Crippen molar-refractivity contribution in [3.63, 3.8) is 0 Å². The van der Waals surface area contributed by atoms with Gasteiger partial charge in [-0.05, 0) is 69.3 Å². The summed E-state index contributed by atoms with van der Waals surface area (Å²) in [5.74, 6) is 1.99. The van der Waals surface area contributed by atoms with Crippen molar-refractivity contribution < 1.29 is 4.42 Å². The normalized spacial score (nSPS) is 14.2. The third-order valence-electron chi connectivity index (χ3n) is 10.3. The van der Waals surface area contributed by atoms with Crippen LogP contribution in [0.3, 0.4) is 0 Å². The van der Waals surface area contributed by atoms with E-state index in [0.717, 1.165) is 56.2 Å². The minimum atomic E-state index is 0.109. The highest BCUT2D eigenvalue weighted by atomic mass is 16.3. The fourth-order valence-corrected chi connectivity index (χ4v) is 7.51. The molecule has 1 aliphatic rings. The molecule has 9 aromatic rings. The van der Waals surface area contributed by atoms with Crippen molar-refractivity contribution in [2.24, 2.45) is 0 Å². The Morgan fingerprint density at radius 1 is 0.453 bits per heavy atom. The summed E-state index contributed by atoms with van der Waals surface area (Å²) in [4.78, 5) is 15.4. The molecule has 10 rings (SSSR count). The molecule has 53 heavy (non-hydrogen) atoms. The zero-order valence-corrected chi connectivity index (χ0v) is 28.9. The SMILES string of the molecule is C1=CC(c2cc3c(cc2-c2nc(-c4ccccc4)nc(-c4ccc(-c5ccccc5)cc4)n2)oc2ccccc23)CC=C1c1ccc2ccccc2c1. The van der Waals surface area contributed by atoms with Crippen molar-refractivity contribution in [1.82, 2.24) is 15.0 Å². The molecular weight excluding hydrogens is 647 g/mol. The van der Waals surface area contributed by atoms with Crippen molar-refractivity contribution in [3.05, 3.63) is 193 Å². The van der Waals surface area contributed by atoms with Gasteiger partial charge in [-0.15, -0.1) is 0 Å². The van der Waals surface area contributed by atoms with Crippen LogP contribution < -0.4 is 0 Å². The number of benzene rings is 7. The maximum Gasteiger partial charge on any atom is 0.164 e. The highest BCUT2D eigenvalue weighted by Gasteiger charge is 2.23. The second kappa shape index (κ2) is 13.0. The predicted octanol–water partition coefficient (Wildman–Crippen LogP) is 12.7. The Bertz CT molecular complexity index is 2850. The Morgan fingerprint density at radius 2 is 1.06 bits per heavy atom. The molecule has 1 aliphatic carbocycles. The first-order valence-electron chi connectivity index (χ1n) is 18.0. The first kappa shape index (κ1) is 30.9. The van der Waals surface area contributed by atoms with Gasteiger partial charge < -0.3 is 4.42 Å². The molecule has 0 spiro atoms. The van der Waals surface area contributed by atoms with Crippen LogP contribution in [-0.4, -0.2) is 15.0 Å². The molecule has 1 atom stereocenters. The molecule has 0 radical (unpaired) electrons. The average molecular weight is 680 g/mol. The topological polar surface area (TPSA) is 51.8 Å². The van der Waals surface area contributed by atoms with Gasteiger partial charge in [0.05, 0.1) is 0 Å². The number of aromatic nitrogens is 3. The number of hydrogen-bond donors (Lipinski definition) is 0. The zero-order chi connectivity index (χ0) is 35.1. The Labute approximate surface area is 307 Å². The smallest absolute Gasteiger partial charge is 0.164 e. The van der Waals surface area contributed by atoms with Crippen molar-refractivity contribution >= 4 is 38.3 Å². The summed E-state index contributed by atoms with van der Waals surface area (Å²) in [6, 6.07) is 56.9. The summed E-state index contributed by atoms with van der Waals surface area (Å²) >= 11 is 0. The van der Waals surface area contributed by atoms with E-state index in [1.54, 1.807) is 0 Å². The number of fused-ring (bicyclic) bond motifs is 4. The monoisotopic (exact) mass is 679 g/mol. The molecule has 0 N–H and O–H groups in total. The molecule has 4 nitrogen and oxygen atoms in total. The molecule has 0 amide bonds. The Hall–Kier alpha value is -6.91. The van der Waals surface area contributed by atoms with Gasteiger partial charge in [0, 0.05) is 33.4 Å². The third-order valence-corrected chi connectivity index (χ3v) is 10.3. The zero-order valence-electron chi connectivity index (χ0n) is 28.9. The van der Waals surface area contributed by atoms with Gasteiger partial charge in [-0.25, -0.2) is 15.0 Å². The van der Waals surface area contributed by atoms with Crippen LogP contribution in [0.2, 0.25) is 0 Å². The number of nitrogens with zero attached hydrogens (tertiary/aromatic N) is 3. The maximum atomic E-state index is 6.45. The van der Waals surface area contributed by atoms with Crippen LogP contribution in [0, 0.1) is 0 Å². The molecule has 2 aromatic heterocycles. The molecule has 7 aromatic carbocycles. The molecule has 0 fully saturated rings. The second-order valence-electron chi connectivity index (χ2n) is 13.6. The lowest BCUT2D eigenvalue weighted by atomic mass is 9.84. The van der Waals surface area contributed by atoms with Crippen molar-refractivity contribution in [2.75, 3.05) is 0 Å². The van der Waals surface area contributed by atoms with E-state index in [1.165, 1.54) is 27.5 Å². The summed E-state index contributed by atoms with van der Waals surface area (Å²) in [5.41, 5.74) is 10.4. The highest BCUT2D eigenvalue weighted by molar-refractivity contribution is 6.06. The van der Waals surface area contributed by atoms with Crippen LogP contribution in [-0.2, 0) is 0 Å². The van der Waals surface area contributed by atoms with Crippen LogP contribution in [0.5, 0.6) is 0 Å². The van der Waals surface area contributed by atoms with Gasteiger partial charge in [0.1, 0.15) is 11.2 Å². The molecular formula is C49H33N3O. The highest BCUT2D eigenvalue weighted by Crippen LogP contribution is 2.41. The van der Waals surface area contributed by atoms with E-state index < -0.39 is 0 Å². The molecule has 0 aliphatic heterocycles. The summed E-state index contributed by atoms with van der Waals surface area (Å²) in [6.45, 7) is 0. The van der Waals surface area contributed by atoms with E-state index in [4.69, 9.17) is 19.4 Å². The number of furan rings is 1. The summed E-state index contributed by atoms with van der Waals surface area (Å²) in [5, 5.41) is 4.68. The van der Waals surface area contributed by atoms with Gasteiger partial charge in [-0.3, -0.25) is 0 Å². The van der Waals surface area contributed by atoms with E-state index in [0.29, 0.717) is 17.5 Å². The van der Waals surface area contributed by atoms with E-state index in [1.807, 2.05) is 48.5 Å². The average Bonchev–Trinajstić information content (AvgIpc) is 3.61. The molecule has 0 saturated carbocycles. The maximum absolute atomic E-state index is 6.45. The quantitative estimate of drug-likeness (QED) is 0.175. The van der Waals surface area contributed by atoms with Crippen molar-refractivity contribution in [2.45, 2.75) is 12.3 Å². The second-order valence-corrected chi connectivity index (χ2v) is 13.6. The molecule has 0 bridgehead atoms.